The lowest BCUT2D eigenvalue weighted by molar-refractivity contribution is -0.119. The lowest BCUT2D eigenvalue weighted by Gasteiger charge is -2.19. The molecule has 2 amide bonds. The summed E-state index contributed by atoms with van der Waals surface area (Å²) in [5.41, 5.74) is 0.900. The van der Waals surface area contributed by atoms with Crippen LogP contribution in [0.5, 0.6) is 11.5 Å². The topological polar surface area (TPSA) is 102 Å². The molecule has 1 unspecified atom stereocenters. The molecule has 0 saturated carbocycles. The van der Waals surface area contributed by atoms with Crippen LogP contribution in [0.25, 0.3) is 0 Å². The van der Waals surface area contributed by atoms with Gasteiger partial charge in [0.05, 0.1) is 17.4 Å². The summed E-state index contributed by atoms with van der Waals surface area (Å²) in [7, 11) is -3.73. The van der Waals surface area contributed by atoms with E-state index in [0.717, 1.165) is 4.31 Å². The van der Waals surface area contributed by atoms with Crippen LogP contribution in [0, 0.1) is 5.92 Å². The van der Waals surface area contributed by atoms with Gasteiger partial charge < -0.3 is 14.8 Å². The summed E-state index contributed by atoms with van der Waals surface area (Å²) >= 11 is 0. The monoisotopic (exact) mass is 402 g/mol. The van der Waals surface area contributed by atoms with Gasteiger partial charge in [-0.25, -0.2) is 12.7 Å². The molecule has 2 aromatic rings. The van der Waals surface area contributed by atoms with E-state index in [-0.39, 0.29) is 17.0 Å². The second kappa shape index (κ2) is 6.83. The molecule has 4 rings (SSSR count). The van der Waals surface area contributed by atoms with Crippen LogP contribution in [0.1, 0.15) is 17.3 Å². The third kappa shape index (κ3) is 3.29. The predicted octanol–water partition coefficient (Wildman–Crippen LogP) is 2.02. The van der Waals surface area contributed by atoms with Crippen molar-refractivity contribution >= 4 is 33.2 Å². The summed E-state index contributed by atoms with van der Waals surface area (Å²) in [5, 5.41) is 2.74. The number of ether oxygens (including phenoxy) is 2. The van der Waals surface area contributed by atoms with Crippen molar-refractivity contribution < 1.29 is 27.5 Å². The van der Waals surface area contributed by atoms with Crippen LogP contribution in [-0.4, -0.2) is 39.2 Å². The molecule has 0 bridgehead atoms. The molecule has 1 atom stereocenters. The van der Waals surface area contributed by atoms with Gasteiger partial charge in [0.25, 0.3) is 5.91 Å². The van der Waals surface area contributed by atoms with Gasteiger partial charge in [0.15, 0.2) is 11.5 Å². The van der Waals surface area contributed by atoms with E-state index in [1.807, 2.05) is 0 Å². The molecule has 0 aromatic heterocycles. The van der Waals surface area contributed by atoms with Crippen molar-refractivity contribution in [3.63, 3.8) is 0 Å². The fourth-order valence-corrected chi connectivity index (χ4v) is 5.00. The molecule has 2 aliphatic rings. The Morgan fingerprint density at radius 2 is 1.86 bits per heavy atom. The Morgan fingerprint density at radius 3 is 2.57 bits per heavy atom. The van der Waals surface area contributed by atoms with Crippen molar-refractivity contribution in [2.24, 2.45) is 5.92 Å². The Bertz CT molecular complexity index is 1070. The van der Waals surface area contributed by atoms with Crippen LogP contribution >= 0.6 is 0 Å². The second-order valence-corrected chi connectivity index (χ2v) is 8.51. The van der Waals surface area contributed by atoms with E-state index in [0.29, 0.717) is 30.4 Å². The van der Waals surface area contributed by atoms with Crippen LogP contribution in [0.4, 0.5) is 11.4 Å². The highest BCUT2D eigenvalue weighted by Gasteiger charge is 2.42. The summed E-state index contributed by atoms with van der Waals surface area (Å²) in [5.74, 6) is -0.627. The van der Waals surface area contributed by atoms with Gasteiger partial charge in [0.2, 0.25) is 15.9 Å². The fourth-order valence-electron chi connectivity index (χ4n) is 3.18. The van der Waals surface area contributed by atoms with Gasteiger partial charge in [-0.1, -0.05) is 13.0 Å². The first kappa shape index (κ1) is 18.3. The van der Waals surface area contributed by atoms with E-state index in [4.69, 9.17) is 9.47 Å². The highest BCUT2D eigenvalue weighted by atomic mass is 32.2. The molecule has 28 heavy (non-hydrogen) atoms. The van der Waals surface area contributed by atoms with Gasteiger partial charge in [-0.05, 0) is 30.3 Å². The van der Waals surface area contributed by atoms with Crippen LogP contribution in [0.2, 0.25) is 0 Å². The van der Waals surface area contributed by atoms with Crippen molar-refractivity contribution in [1.29, 1.82) is 0 Å². The fraction of sp³-hybridized carbons (Fsp3) is 0.263. The first-order valence-electron chi connectivity index (χ1n) is 8.73. The Morgan fingerprint density at radius 1 is 1.11 bits per heavy atom. The second-order valence-electron chi connectivity index (χ2n) is 6.65. The third-order valence-electron chi connectivity index (χ3n) is 4.50. The molecular weight excluding hydrogens is 384 g/mol. The normalized spacial score (nSPS) is 20.1. The molecule has 0 aliphatic carbocycles. The van der Waals surface area contributed by atoms with E-state index >= 15 is 0 Å². The predicted molar refractivity (Wildman–Crippen MR) is 102 cm³/mol. The van der Waals surface area contributed by atoms with Gasteiger partial charge in [-0.3, -0.25) is 9.59 Å². The Kier molecular flexibility index (Phi) is 4.46. The quantitative estimate of drug-likeness (QED) is 0.843. The maximum Gasteiger partial charge on any atom is 0.255 e. The highest BCUT2D eigenvalue weighted by molar-refractivity contribution is 7.94. The van der Waals surface area contributed by atoms with Crippen molar-refractivity contribution in [2.45, 2.75) is 6.92 Å². The van der Waals surface area contributed by atoms with Gasteiger partial charge in [0, 0.05) is 17.3 Å². The molecule has 1 fully saturated rings. The van der Waals surface area contributed by atoms with Crippen LogP contribution < -0.4 is 19.1 Å². The van der Waals surface area contributed by atoms with Crippen molar-refractivity contribution in [3.8, 4) is 11.5 Å². The standard InChI is InChI=1S/C19H18N2O6S/c1-12-11-28(24,25)21(19(12)23)15-4-2-3-13(9-15)18(22)20-14-5-6-16-17(10-14)27-8-7-26-16/h2-6,9-10,12H,7-8,11H2,1H3,(H,20,22). The number of carbonyl (C=O) groups excluding carboxylic acids is 2. The molecule has 1 N–H and O–H groups in total. The van der Waals surface area contributed by atoms with Crippen LogP contribution in [-0.2, 0) is 14.8 Å². The van der Waals surface area contributed by atoms with E-state index in [1.54, 1.807) is 37.3 Å². The average molecular weight is 402 g/mol. The lowest BCUT2D eigenvalue weighted by Crippen LogP contribution is -2.30. The molecule has 146 valence electrons. The maximum atomic E-state index is 12.6. The van der Waals surface area contributed by atoms with E-state index in [1.165, 1.54) is 12.1 Å². The molecule has 2 aromatic carbocycles. The largest absolute Gasteiger partial charge is 0.486 e. The van der Waals surface area contributed by atoms with Crippen molar-refractivity contribution in [1.82, 2.24) is 0 Å². The van der Waals surface area contributed by atoms with Gasteiger partial charge in [-0.15, -0.1) is 0 Å². The lowest BCUT2D eigenvalue weighted by atomic mass is 10.1. The summed E-state index contributed by atoms with van der Waals surface area (Å²) in [6.45, 7) is 2.48. The highest BCUT2D eigenvalue weighted by Crippen LogP contribution is 2.33. The summed E-state index contributed by atoms with van der Waals surface area (Å²) in [6, 6.07) is 11.0. The average Bonchev–Trinajstić information content (AvgIpc) is 2.88. The minimum Gasteiger partial charge on any atom is -0.486 e. The smallest absolute Gasteiger partial charge is 0.255 e. The number of rotatable bonds is 3. The van der Waals surface area contributed by atoms with Gasteiger partial charge >= 0.3 is 0 Å². The van der Waals surface area contributed by atoms with Crippen molar-refractivity contribution in [2.75, 3.05) is 28.6 Å². The zero-order chi connectivity index (χ0) is 19.9. The first-order valence-corrected chi connectivity index (χ1v) is 10.3. The molecule has 8 nitrogen and oxygen atoms in total. The van der Waals surface area contributed by atoms with Crippen LogP contribution in [0.3, 0.4) is 0 Å². The number of sulfonamides is 1. The number of hydrogen-bond donors (Lipinski definition) is 1. The van der Waals surface area contributed by atoms with Gasteiger partial charge in [-0.2, -0.15) is 0 Å². The first-order chi connectivity index (χ1) is 13.3. The minimum atomic E-state index is -3.73. The summed E-state index contributed by atoms with van der Waals surface area (Å²) < 4.78 is 36.3. The number of nitrogens with one attached hydrogen (secondary N) is 1. The molecule has 2 heterocycles. The number of carbonyl (C=O) groups is 2. The molecule has 9 heteroatoms. The van der Waals surface area contributed by atoms with Gasteiger partial charge in [0.1, 0.15) is 13.2 Å². The summed E-state index contributed by atoms with van der Waals surface area (Å²) in [6.07, 6.45) is 0. The molecular formula is C19H18N2O6S. The number of amides is 2. The zero-order valence-corrected chi connectivity index (χ0v) is 15.9. The zero-order valence-electron chi connectivity index (χ0n) is 15.0. The SMILES string of the molecule is CC1CS(=O)(=O)N(c2cccc(C(=O)Nc3ccc4c(c3)OCCO4)c2)C1=O. The Balaban J connectivity index is 1.58. The Hall–Kier alpha value is -3.07. The summed E-state index contributed by atoms with van der Waals surface area (Å²) in [4.78, 5) is 24.9. The van der Waals surface area contributed by atoms with Crippen LogP contribution in [0.15, 0.2) is 42.5 Å². The number of benzene rings is 2. The molecule has 0 radical (unpaired) electrons. The number of hydrogen-bond acceptors (Lipinski definition) is 6. The van der Waals surface area contributed by atoms with Crippen molar-refractivity contribution in [3.05, 3.63) is 48.0 Å². The molecule has 0 spiro atoms. The minimum absolute atomic E-state index is 0.157. The van der Waals surface area contributed by atoms with E-state index in [2.05, 4.69) is 5.32 Å². The maximum absolute atomic E-state index is 12.6. The number of fused-ring (bicyclic) bond motifs is 1. The van der Waals surface area contributed by atoms with E-state index in [9.17, 15) is 18.0 Å². The molecule has 2 aliphatic heterocycles. The Labute approximate surface area is 162 Å². The molecule has 1 saturated heterocycles. The van der Waals surface area contributed by atoms with E-state index < -0.39 is 27.8 Å². The number of anilines is 2. The third-order valence-corrected chi connectivity index (χ3v) is 6.37. The number of nitrogens with zero attached hydrogens (tertiary/aromatic N) is 1.